The van der Waals surface area contributed by atoms with Crippen molar-refractivity contribution in [2.45, 2.75) is 33.0 Å². The minimum atomic E-state index is -0.441. The van der Waals surface area contributed by atoms with E-state index in [2.05, 4.69) is 0 Å². The predicted octanol–water partition coefficient (Wildman–Crippen LogP) is 2.22. The van der Waals surface area contributed by atoms with Crippen molar-refractivity contribution in [2.24, 2.45) is 0 Å². The molecule has 2 atom stereocenters. The second-order valence-corrected chi connectivity index (χ2v) is 4.97. The molecular weight excluding hydrogens is 238 g/mol. The van der Waals surface area contributed by atoms with E-state index in [1.54, 1.807) is 13.8 Å². The third kappa shape index (κ3) is 4.54. The van der Waals surface area contributed by atoms with E-state index in [9.17, 15) is 10.2 Å². The number of rotatable bonds is 5. The van der Waals surface area contributed by atoms with Gasteiger partial charge in [0.1, 0.15) is 0 Å². The van der Waals surface area contributed by atoms with Crippen molar-refractivity contribution in [1.82, 2.24) is 0 Å². The Kier molecular flexibility index (Phi) is 5.25. The van der Waals surface area contributed by atoms with Crippen LogP contribution in [-0.4, -0.2) is 35.5 Å². The number of aryl methyl sites for hydroxylation is 1. The van der Waals surface area contributed by atoms with E-state index in [1.165, 1.54) is 0 Å². The highest BCUT2D eigenvalue weighted by Crippen LogP contribution is 2.24. The lowest BCUT2D eigenvalue weighted by Gasteiger charge is -2.29. The van der Waals surface area contributed by atoms with Gasteiger partial charge in [0.25, 0.3) is 0 Å². The Bertz CT molecular complexity index is 356. The van der Waals surface area contributed by atoms with Crippen molar-refractivity contribution in [3.8, 4) is 0 Å². The zero-order valence-corrected chi connectivity index (χ0v) is 11.3. The van der Waals surface area contributed by atoms with Gasteiger partial charge in [0.2, 0.25) is 0 Å². The topological polar surface area (TPSA) is 43.7 Å². The quantitative estimate of drug-likeness (QED) is 0.850. The molecule has 0 bridgehead atoms. The number of nitrogens with zero attached hydrogens (tertiary/aromatic N) is 1. The van der Waals surface area contributed by atoms with E-state index in [-0.39, 0.29) is 0 Å². The highest BCUT2D eigenvalue weighted by atomic mass is 35.5. The van der Waals surface area contributed by atoms with Gasteiger partial charge in [-0.05, 0) is 44.5 Å². The van der Waals surface area contributed by atoms with Gasteiger partial charge in [0.15, 0.2) is 0 Å². The highest BCUT2D eigenvalue weighted by Gasteiger charge is 2.14. The molecule has 0 saturated carbocycles. The molecule has 0 aromatic heterocycles. The maximum absolute atomic E-state index is 9.49. The summed E-state index contributed by atoms with van der Waals surface area (Å²) in [5, 5.41) is 19.7. The average molecular weight is 258 g/mol. The normalized spacial score (nSPS) is 14.5. The monoisotopic (exact) mass is 257 g/mol. The summed E-state index contributed by atoms with van der Waals surface area (Å²) < 4.78 is 0. The molecule has 4 heteroatoms. The lowest BCUT2D eigenvalue weighted by Crippen LogP contribution is -2.36. The smallest absolute Gasteiger partial charge is 0.0687 e. The first-order valence-corrected chi connectivity index (χ1v) is 6.15. The van der Waals surface area contributed by atoms with Crippen LogP contribution < -0.4 is 4.90 Å². The molecule has 0 aliphatic carbocycles. The van der Waals surface area contributed by atoms with Crippen molar-refractivity contribution in [2.75, 3.05) is 18.0 Å². The molecular formula is C13H20ClNO2. The summed E-state index contributed by atoms with van der Waals surface area (Å²) in [4.78, 5) is 1.97. The fourth-order valence-electron chi connectivity index (χ4n) is 1.88. The fraction of sp³-hybridized carbons (Fsp3) is 0.538. The third-order valence-electron chi connectivity index (χ3n) is 2.47. The van der Waals surface area contributed by atoms with Crippen LogP contribution in [0.2, 0.25) is 5.02 Å². The van der Waals surface area contributed by atoms with E-state index in [4.69, 9.17) is 11.6 Å². The van der Waals surface area contributed by atoms with Crippen molar-refractivity contribution in [3.63, 3.8) is 0 Å². The van der Waals surface area contributed by atoms with Crippen molar-refractivity contribution in [3.05, 3.63) is 28.8 Å². The molecule has 0 aliphatic rings. The Hall–Kier alpha value is -0.770. The van der Waals surface area contributed by atoms with E-state index in [0.717, 1.165) is 11.3 Å². The third-order valence-corrected chi connectivity index (χ3v) is 2.70. The van der Waals surface area contributed by atoms with Gasteiger partial charge in [-0.15, -0.1) is 0 Å². The molecule has 1 aromatic rings. The first-order chi connectivity index (χ1) is 7.90. The van der Waals surface area contributed by atoms with Crippen LogP contribution in [0.1, 0.15) is 19.4 Å². The zero-order valence-electron chi connectivity index (χ0n) is 10.5. The molecule has 0 heterocycles. The number of hydrogen-bond acceptors (Lipinski definition) is 3. The van der Waals surface area contributed by atoms with Crippen LogP contribution in [0.15, 0.2) is 18.2 Å². The predicted molar refractivity (Wildman–Crippen MR) is 71.8 cm³/mol. The van der Waals surface area contributed by atoms with Gasteiger partial charge < -0.3 is 15.1 Å². The molecule has 3 nitrogen and oxygen atoms in total. The summed E-state index contributed by atoms with van der Waals surface area (Å²) in [6.45, 7) is 6.43. The fourth-order valence-corrected chi connectivity index (χ4v) is 2.11. The molecule has 1 aromatic carbocycles. The van der Waals surface area contributed by atoms with Gasteiger partial charge in [-0.25, -0.2) is 0 Å². The summed E-state index contributed by atoms with van der Waals surface area (Å²) in [5.74, 6) is 0. The SMILES string of the molecule is Cc1cc(Cl)ccc1N(CC(C)O)CC(C)O. The second kappa shape index (κ2) is 6.24. The highest BCUT2D eigenvalue weighted by molar-refractivity contribution is 6.30. The van der Waals surface area contributed by atoms with Crippen molar-refractivity contribution < 1.29 is 10.2 Å². The first kappa shape index (κ1) is 14.3. The summed E-state index contributed by atoms with van der Waals surface area (Å²) in [7, 11) is 0. The van der Waals surface area contributed by atoms with Gasteiger partial charge in [0, 0.05) is 23.8 Å². The van der Waals surface area contributed by atoms with Gasteiger partial charge in [-0.1, -0.05) is 11.6 Å². The van der Waals surface area contributed by atoms with E-state index in [0.29, 0.717) is 18.1 Å². The lowest BCUT2D eigenvalue weighted by atomic mass is 10.1. The van der Waals surface area contributed by atoms with Gasteiger partial charge in [-0.2, -0.15) is 0 Å². The number of halogens is 1. The summed E-state index contributed by atoms with van der Waals surface area (Å²) >= 11 is 5.92. The first-order valence-electron chi connectivity index (χ1n) is 5.77. The minimum Gasteiger partial charge on any atom is -0.392 e. The number of aliphatic hydroxyl groups is 2. The summed E-state index contributed by atoms with van der Waals surface area (Å²) in [6, 6.07) is 5.62. The largest absolute Gasteiger partial charge is 0.392 e. The molecule has 0 spiro atoms. The minimum absolute atomic E-state index is 0.441. The van der Waals surface area contributed by atoms with Crippen LogP contribution in [0.25, 0.3) is 0 Å². The Morgan fingerprint density at radius 2 is 1.71 bits per heavy atom. The number of anilines is 1. The molecule has 1 rings (SSSR count). The van der Waals surface area contributed by atoms with Crippen LogP contribution >= 0.6 is 11.6 Å². The Morgan fingerprint density at radius 3 is 2.12 bits per heavy atom. The van der Waals surface area contributed by atoms with E-state index < -0.39 is 12.2 Å². The molecule has 0 aliphatic heterocycles. The number of benzene rings is 1. The van der Waals surface area contributed by atoms with Gasteiger partial charge in [-0.3, -0.25) is 0 Å². The molecule has 0 fully saturated rings. The molecule has 96 valence electrons. The van der Waals surface area contributed by atoms with Gasteiger partial charge in [0.05, 0.1) is 12.2 Å². The Balaban J connectivity index is 2.95. The van der Waals surface area contributed by atoms with Gasteiger partial charge >= 0.3 is 0 Å². The second-order valence-electron chi connectivity index (χ2n) is 4.53. The van der Waals surface area contributed by atoms with Crippen LogP contribution in [0.3, 0.4) is 0 Å². The molecule has 0 amide bonds. The molecule has 2 unspecified atom stereocenters. The Morgan fingerprint density at radius 1 is 1.18 bits per heavy atom. The Labute approximate surface area is 108 Å². The van der Waals surface area contributed by atoms with E-state index >= 15 is 0 Å². The van der Waals surface area contributed by atoms with Crippen LogP contribution in [-0.2, 0) is 0 Å². The lowest BCUT2D eigenvalue weighted by molar-refractivity contribution is 0.178. The molecule has 0 radical (unpaired) electrons. The van der Waals surface area contributed by atoms with Crippen molar-refractivity contribution >= 4 is 17.3 Å². The van der Waals surface area contributed by atoms with Crippen LogP contribution in [0.4, 0.5) is 5.69 Å². The number of hydrogen-bond donors (Lipinski definition) is 2. The zero-order chi connectivity index (χ0) is 13.0. The maximum Gasteiger partial charge on any atom is 0.0687 e. The molecule has 2 N–H and O–H groups in total. The van der Waals surface area contributed by atoms with Crippen molar-refractivity contribution in [1.29, 1.82) is 0 Å². The standard InChI is InChI=1S/C13H20ClNO2/c1-9-6-12(14)4-5-13(9)15(7-10(2)16)8-11(3)17/h4-6,10-11,16-17H,7-8H2,1-3H3. The summed E-state index contributed by atoms with van der Waals surface area (Å²) in [5.41, 5.74) is 2.04. The number of aliphatic hydroxyl groups excluding tert-OH is 2. The van der Waals surface area contributed by atoms with Crippen LogP contribution in [0.5, 0.6) is 0 Å². The average Bonchev–Trinajstić information content (AvgIpc) is 2.14. The van der Waals surface area contributed by atoms with E-state index in [1.807, 2.05) is 30.0 Å². The van der Waals surface area contributed by atoms with Crippen LogP contribution in [0, 0.1) is 6.92 Å². The summed E-state index contributed by atoms with van der Waals surface area (Å²) in [6.07, 6.45) is -0.882. The maximum atomic E-state index is 9.49. The molecule has 17 heavy (non-hydrogen) atoms. The molecule has 0 saturated heterocycles.